The summed E-state index contributed by atoms with van der Waals surface area (Å²) in [6, 6.07) is 0. The molecule has 0 unspecified atom stereocenters. The van der Waals surface area contributed by atoms with E-state index in [2.05, 4.69) is 6.58 Å². The van der Waals surface area contributed by atoms with E-state index in [-0.39, 0.29) is 5.92 Å². The molecule has 0 aromatic rings. The van der Waals surface area contributed by atoms with Crippen LogP contribution in [0.25, 0.3) is 0 Å². The third kappa shape index (κ3) is 2.29. The van der Waals surface area contributed by atoms with Gasteiger partial charge in [-0.1, -0.05) is 6.08 Å². The molecule has 74 valence electrons. The zero-order chi connectivity index (χ0) is 10.1. The molecule has 0 spiro atoms. The van der Waals surface area contributed by atoms with Crippen LogP contribution in [0.3, 0.4) is 0 Å². The number of ether oxygens (including phenoxy) is 2. The highest BCUT2D eigenvalue weighted by atomic mass is 16.7. The highest BCUT2D eigenvalue weighted by molar-refractivity contribution is 5.73. The summed E-state index contributed by atoms with van der Waals surface area (Å²) in [5.41, 5.74) is 0. The Kier molecular flexibility index (Phi) is 2.73. The van der Waals surface area contributed by atoms with E-state index in [4.69, 9.17) is 14.6 Å². The van der Waals surface area contributed by atoms with Gasteiger partial charge in [-0.2, -0.15) is 0 Å². The first-order valence-corrected chi connectivity index (χ1v) is 4.13. The van der Waals surface area contributed by atoms with Gasteiger partial charge >= 0.3 is 5.97 Å². The predicted octanol–water partition coefficient (Wildman–Crippen LogP) is 1.02. The number of rotatable bonds is 2. The van der Waals surface area contributed by atoms with Crippen LogP contribution < -0.4 is 0 Å². The zero-order valence-electron chi connectivity index (χ0n) is 7.82. The van der Waals surface area contributed by atoms with Gasteiger partial charge in [0.25, 0.3) is 0 Å². The lowest BCUT2D eigenvalue weighted by Gasteiger charge is -2.37. The molecule has 2 atom stereocenters. The van der Waals surface area contributed by atoms with Crippen molar-refractivity contribution in [2.24, 2.45) is 5.92 Å². The maximum absolute atomic E-state index is 10.8. The maximum Gasteiger partial charge on any atom is 0.333 e. The van der Waals surface area contributed by atoms with Gasteiger partial charge in [-0.3, -0.25) is 0 Å². The van der Waals surface area contributed by atoms with E-state index in [9.17, 15) is 4.79 Å². The van der Waals surface area contributed by atoms with Crippen LogP contribution in [-0.2, 0) is 14.3 Å². The van der Waals surface area contributed by atoms with Crippen LogP contribution in [0, 0.1) is 5.92 Å². The van der Waals surface area contributed by atoms with Crippen LogP contribution in [0.2, 0.25) is 0 Å². The summed E-state index contributed by atoms with van der Waals surface area (Å²) in [6.07, 6.45) is 0.704. The van der Waals surface area contributed by atoms with Crippen molar-refractivity contribution >= 4 is 5.97 Å². The first kappa shape index (κ1) is 10.2. The minimum Gasteiger partial charge on any atom is -0.479 e. The third-order valence-corrected chi connectivity index (χ3v) is 1.97. The van der Waals surface area contributed by atoms with Gasteiger partial charge in [0.1, 0.15) is 0 Å². The van der Waals surface area contributed by atoms with Gasteiger partial charge in [0, 0.05) is 5.92 Å². The molecule has 1 aliphatic heterocycles. The molecule has 4 heteroatoms. The second-order valence-electron chi connectivity index (χ2n) is 3.49. The maximum atomic E-state index is 10.8. The molecule has 1 rings (SSSR count). The number of carboxylic acids is 1. The van der Waals surface area contributed by atoms with Crippen LogP contribution >= 0.6 is 0 Å². The standard InChI is InChI=1S/C9H14O4/c1-4-6-5-12-9(2,3)13-7(6)8(10)11/h4,6-7H,1,5H2,2-3H3,(H,10,11)/t6-,7+/m1/s1. The lowest BCUT2D eigenvalue weighted by atomic mass is 10.0. The molecule has 0 saturated carbocycles. The largest absolute Gasteiger partial charge is 0.479 e. The molecule has 1 N–H and O–H groups in total. The van der Waals surface area contributed by atoms with E-state index in [1.165, 1.54) is 0 Å². The van der Waals surface area contributed by atoms with Gasteiger partial charge in [0.2, 0.25) is 0 Å². The summed E-state index contributed by atoms with van der Waals surface area (Å²) >= 11 is 0. The average molecular weight is 186 g/mol. The molecule has 0 amide bonds. The monoisotopic (exact) mass is 186 g/mol. The molecule has 1 saturated heterocycles. The molecular weight excluding hydrogens is 172 g/mol. The fourth-order valence-electron chi connectivity index (χ4n) is 1.24. The molecule has 0 aliphatic carbocycles. The summed E-state index contributed by atoms with van der Waals surface area (Å²) in [6.45, 7) is 7.28. The van der Waals surface area contributed by atoms with E-state index in [1.807, 2.05) is 0 Å². The molecule has 4 nitrogen and oxygen atoms in total. The Morgan fingerprint density at radius 1 is 1.69 bits per heavy atom. The summed E-state index contributed by atoms with van der Waals surface area (Å²) in [7, 11) is 0. The van der Waals surface area contributed by atoms with Crippen molar-refractivity contribution in [2.75, 3.05) is 6.61 Å². The highest BCUT2D eigenvalue weighted by Crippen LogP contribution is 2.26. The first-order valence-electron chi connectivity index (χ1n) is 4.13. The van der Waals surface area contributed by atoms with Gasteiger partial charge in [0.15, 0.2) is 11.9 Å². The first-order chi connectivity index (χ1) is 5.96. The van der Waals surface area contributed by atoms with Crippen LogP contribution in [0.1, 0.15) is 13.8 Å². The lowest BCUT2D eigenvalue weighted by molar-refractivity contribution is -0.284. The fourth-order valence-corrected chi connectivity index (χ4v) is 1.24. The van der Waals surface area contributed by atoms with Gasteiger partial charge in [-0.15, -0.1) is 6.58 Å². The average Bonchev–Trinajstić information content (AvgIpc) is 2.03. The Morgan fingerprint density at radius 2 is 2.31 bits per heavy atom. The molecule has 0 aromatic heterocycles. The number of hydrogen-bond donors (Lipinski definition) is 1. The lowest BCUT2D eigenvalue weighted by Crippen LogP contribution is -2.48. The van der Waals surface area contributed by atoms with E-state index in [0.29, 0.717) is 6.61 Å². The summed E-state index contributed by atoms with van der Waals surface area (Å²) in [5, 5.41) is 8.84. The van der Waals surface area contributed by atoms with Crippen molar-refractivity contribution in [3.05, 3.63) is 12.7 Å². The Hall–Kier alpha value is -0.870. The topological polar surface area (TPSA) is 55.8 Å². The summed E-state index contributed by atoms with van der Waals surface area (Å²) in [4.78, 5) is 10.8. The second-order valence-corrected chi connectivity index (χ2v) is 3.49. The summed E-state index contributed by atoms with van der Waals surface area (Å²) in [5.74, 6) is -2.06. The molecule has 13 heavy (non-hydrogen) atoms. The fraction of sp³-hybridized carbons (Fsp3) is 0.667. The van der Waals surface area contributed by atoms with Gasteiger partial charge in [0.05, 0.1) is 6.61 Å². The van der Waals surface area contributed by atoms with Crippen molar-refractivity contribution in [3.8, 4) is 0 Å². The molecule has 0 aromatic carbocycles. The normalized spacial score (nSPS) is 32.5. The van der Waals surface area contributed by atoms with E-state index in [1.54, 1.807) is 19.9 Å². The number of aliphatic carboxylic acids is 1. The Labute approximate surface area is 77.1 Å². The van der Waals surface area contributed by atoms with Crippen molar-refractivity contribution in [3.63, 3.8) is 0 Å². The number of carboxylic acid groups (broad SMARTS) is 1. The minimum absolute atomic E-state index is 0.273. The quantitative estimate of drug-likeness (QED) is 0.654. The van der Waals surface area contributed by atoms with Crippen molar-refractivity contribution in [1.29, 1.82) is 0 Å². The SMILES string of the molecule is C=C[C@@H]1COC(C)(C)O[C@@H]1C(=O)O. The molecule has 1 aliphatic rings. The van der Waals surface area contributed by atoms with Crippen LogP contribution in [0.4, 0.5) is 0 Å². The Bertz CT molecular complexity index is 222. The second kappa shape index (κ2) is 3.47. The van der Waals surface area contributed by atoms with Crippen molar-refractivity contribution in [2.45, 2.75) is 25.7 Å². The molecular formula is C9H14O4. The van der Waals surface area contributed by atoms with E-state index in [0.717, 1.165) is 0 Å². The molecule has 1 heterocycles. The highest BCUT2D eigenvalue weighted by Gasteiger charge is 2.39. The molecule has 1 fully saturated rings. The van der Waals surface area contributed by atoms with Gasteiger partial charge in [-0.25, -0.2) is 4.79 Å². The smallest absolute Gasteiger partial charge is 0.333 e. The zero-order valence-corrected chi connectivity index (χ0v) is 7.82. The van der Waals surface area contributed by atoms with Crippen LogP contribution in [-0.4, -0.2) is 29.6 Å². The molecule has 0 bridgehead atoms. The van der Waals surface area contributed by atoms with E-state index >= 15 is 0 Å². The number of carbonyl (C=O) groups is 1. The van der Waals surface area contributed by atoms with Gasteiger partial charge in [-0.05, 0) is 13.8 Å². The van der Waals surface area contributed by atoms with Crippen LogP contribution in [0.5, 0.6) is 0 Å². The Morgan fingerprint density at radius 3 is 2.77 bits per heavy atom. The third-order valence-electron chi connectivity index (χ3n) is 1.97. The minimum atomic E-state index is -0.971. The van der Waals surface area contributed by atoms with Gasteiger partial charge < -0.3 is 14.6 Å². The molecule has 0 radical (unpaired) electrons. The summed E-state index contributed by atoms with van der Waals surface area (Å²) < 4.78 is 10.5. The predicted molar refractivity (Wildman–Crippen MR) is 46.2 cm³/mol. The van der Waals surface area contributed by atoms with Crippen molar-refractivity contribution in [1.82, 2.24) is 0 Å². The van der Waals surface area contributed by atoms with E-state index < -0.39 is 17.9 Å². The van der Waals surface area contributed by atoms with Crippen LogP contribution in [0.15, 0.2) is 12.7 Å². The van der Waals surface area contributed by atoms with Crippen molar-refractivity contribution < 1.29 is 19.4 Å². The Balaban J connectivity index is 2.74. The number of hydrogen-bond acceptors (Lipinski definition) is 3.